The van der Waals surface area contributed by atoms with Gasteiger partial charge in [-0.05, 0) is 112 Å². The van der Waals surface area contributed by atoms with Crippen LogP contribution in [0.3, 0.4) is 0 Å². The van der Waals surface area contributed by atoms with Gasteiger partial charge in [0.05, 0.1) is 9.58 Å². The molecule has 0 N–H and O–H groups in total. The van der Waals surface area contributed by atoms with Gasteiger partial charge < -0.3 is 0 Å². The Bertz CT molecular complexity index is 2650. The Balaban J connectivity index is 1.40. The number of fused-ring (bicyclic) bond motifs is 3. The van der Waals surface area contributed by atoms with Crippen LogP contribution in [0.2, 0.25) is 0 Å². The van der Waals surface area contributed by atoms with Gasteiger partial charge in [0.1, 0.15) is 4.88 Å². The summed E-state index contributed by atoms with van der Waals surface area (Å²) in [5.74, 6) is -0.302. The summed E-state index contributed by atoms with van der Waals surface area (Å²) < 4.78 is 20.5. The first-order valence-corrected chi connectivity index (χ1v) is 34.9. The molecule has 7 aromatic rings. The lowest BCUT2D eigenvalue weighted by Gasteiger charge is -2.20. The summed E-state index contributed by atoms with van der Waals surface area (Å²) >= 11 is 11.3. The van der Waals surface area contributed by atoms with Gasteiger partial charge in [0.25, 0.3) is 0 Å². The maximum Gasteiger partial charge on any atom is 0.175 e. The van der Waals surface area contributed by atoms with Crippen LogP contribution in [0, 0.1) is 12.7 Å². The number of hydrogen-bond donors (Lipinski definition) is 0. The molecule has 1 aromatic carbocycles. The average molecular weight is 1110 g/mol. The Hall–Kier alpha value is -2.20. The number of rotatable bonds is 36. The van der Waals surface area contributed by atoms with Crippen LogP contribution in [-0.4, -0.2) is 5.78 Å². The molecule has 0 atom stereocenters. The second-order valence-electron chi connectivity index (χ2n) is 22.5. The van der Waals surface area contributed by atoms with Gasteiger partial charge in [-0.2, -0.15) is 0 Å². The Morgan fingerprint density at radius 1 is 0.473 bits per heavy atom. The van der Waals surface area contributed by atoms with Crippen molar-refractivity contribution in [3.8, 4) is 30.6 Å². The van der Waals surface area contributed by atoms with Crippen molar-refractivity contribution >= 4 is 104 Å². The monoisotopic (exact) mass is 1110 g/mol. The lowest BCUT2D eigenvalue weighted by Crippen LogP contribution is -2.12. The summed E-state index contributed by atoms with van der Waals surface area (Å²) in [6.07, 6.45) is 37.4. The summed E-state index contributed by atoms with van der Waals surface area (Å²) in [5.41, 5.74) is 6.04. The number of ketones is 1. The second-order valence-corrected chi connectivity index (χ2v) is 29.1. The first kappa shape index (κ1) is 59.5. The van der Waals surface area contributed by atoms with Crippen molar-refractivity contribution in [2.24, 2.45) is 0 Å². The van der Waals surface area contributed by atoms with Crippen LogP contribution in [-0.2, 0) is 31.1 Å². The number of Topliss-reactive ketones (excluding diaryl/α,β-unsaturated/α-hetero) is 1. The standard InChI is InChI=1S/C66H93FOS6/c1-10-16-21-26-27-28-29-30-33-38-50(68)63-60(67)57-45(7)69-64(65(57)74-63)55-43-48-58(53-41-46(36-31-22-17-11-2)51(70-53)39-34-24-19-13-4)62-49(44-56(73-62)66(8,9)15-6)59(61(48)72-55)54-42-47(37-32-23-18-12-3)52(71-54)40-35-25-20-14-5/h41-44H,10-40H2,1-9H3. The molecule has 0 saturated carbocycles. The van der Waals surface area contributed by atoms with E-state index < -0.39 is 0 Å². The molecule has 8 heteroatoms. The molecule has 7 rings (SSSR count). The lowest BCUT2D eigenvalue weighted by atomic mass is 9.88. The number of unbranched alkanes of at least 4 members (excludes halogenated alkanes) is 20. The molecule has 0 radical (unpaired) electrons. The zero-order chi connectivity index (χ0) is 52.6. The molecule has 0 unspecified atom stereocenters. The van der Waals surface area contributed by atoms with E-state index >= 15 is 4.39 Å². The van der Waals surface area contributed by atoms with Gasteiger partial charge in [-0.1, -0.05) is 184 Å². The number of halogens is 1. The fourth-order valence-corrected chi connectivity index (χ4v) is 19.1. The molecule has 1 nitrogen and oxygen atoms in total. The molecule has 0 bridgehead atoms. The van der Waals surface area contributed by atoms with E-state index in [1.54, 1.807) is 32.2 Å². The fraction of sp³-hybridized carbons (Fsp3) is 0.621. The predicted molar refractivity (Wildman–Crippen MR) is 338 cm³/mol. The van der Waals surface area contributed by atoms with Crippen LogP contribution >= 0.6 is 68.0 Å². The van der Waals surface area contributed by atoms with Gasteiger partial charge in [0.15, 0.2) is 11.6 Å². The Morgan fingerprint density at radius 3 is 1.42 bits per heavy atom. The third kappa shape index (κ3) is 14.7. The van der Waals surface area contributed by atoms with Gasteiger partial charge in [0.2, 0.25) is 0 Å². The van der Waals surface area contributed by atoms with Crippen LogP contribution in [0.15, 0.2) is 24.3 Å². The van der Waals surface area contributed by atoms with Crippen LogP contribution in [0.1, 0.15) is 269 Å². The highest BCUT2D eigenvalue weighted by atomic mass is 32.1. The van der Waals surface area contributed by atoms with E-state index in [-0.39, 0.29) is 17.0 Å². The highest BCUT2D eigenvalue weighted by Crippen LogP contribution is 2.57. The Morgan fingerprint density at radius 2 is 0.919 bits per heavy atom. The molecular weight excluding hydrogens is 1020 g/mol. The molecule has 0 fully saturated rings. The first-order valence-electron chi connectivity index (χ1n) is 30.0. The maximum atomic E-state index is 16.7. The number of benzene rings is 1. The molecular formula is C66H93FOS6. The predicted octanol–water partition coefficient (Wildman–Crippen LogP) is 25.2. The zero-order valence-electron chi connectivity index (χ0n) is 47.5. The molecule has 0 saturated heterocycles. The summed E-state index contributed by atoms with van der Waals surface area (Å²) in [6, 6.07) is 10.4. The molecule has 6 heterocycles. The van der Waals surface area contributed by atoms with E-state index in [1.165, 1.54) is 216 Å². The number of carbonyl (C=O) groups is 1. The quantitative estimate of drug-likeness (QED) is 0.0283. The fourth-order valence-electron chi connectivity index (χ4n) is 11.0. The largest absolute Gasteiger partial charge is 0.293 e. The molecule has 0 aliphatic rings. The van der Waals surface area contributed by atoms with Crippen LogP contribution < -0.4 is 0 Å². The number of thiophene rings is 6. The summed E-state index contributed by atoms with van der Waals surface area (Å²) in [7, 11) is 0. The number of aryl methyl sites for hydroxylation is 5. The SMILES string of the molecule is CCCCCCCCCCCC(=O)c1sc2c(-c3cc4c(-c5cc(CCCCCC)c(CCCCCC)s5)c5sc(C(C)(C)CC)cc5c(-c5cc(CCCCCC)c(CCCCCC)s5)c4s3)sc(C)c2c1F. The summed E-state index contributed by atoms with van der Waals surface area (Å²) in [4.78, 5) is 25.1. The average Bonchev–Trinajstić information content (AvgIpc) is 4.27. The normalized spacial score (nSPS) is 12.3. The minimum absolute atomic E-state index is 0.0173. The van der Waals surface area contributed by atoms with Crippen molar-refractivity contribution < 1.29 is 9.18 Å². The van der Waals surface area contributed by atoms with E-state index in [9.17, 15) is 4.79 Å². The van der Waals surface area contributed by atoms with Crippen LogP contribution in [0.25, 0.3) is 60.9 Å². The van der Waals surface area contributed by atoms with Crippen LogP contribution in [0.4, 0.5) is 4.39 Å². The third-order valence-corrected chi connectivity index (χ3v) is 23.9. The van der Waals surface area contributed by atoms with Gasteiger partial charge in [-0.25, -0.2) is 4.39 Å². The molecule has 0 spiro atoms. The molecule has 0 aliphatic heterocycles. The van der Waals surface area contributed by atoms with E-state index in [0.29, 0.717) is 16.7 Å². The summed E-state index contributed by atoms with van der Waals surface area (Å²) in [5, 5.41) is 3.44. The topological polar surface area (TPSA) is 17.1 Å². The second kappa shape index (κ2) is 29.7. The van der Waals surface area contributed by atoms with Gasteiger partial charge in [-0.3, -0.25) is 4.79 Å². The summed E-state index contributed by atoms with van der Waals surface area (Å²) in [6.45, 7) is 20.9. The minimum Gasteiger partial charge on any atom is -0.293 e. The zero-order valence-corrected chi connectivity index (χ0v) is 52.4. The molecule has 0 aliphatic carbocycles. The van der Waals surface area contributed by atoms with Crippen molar-refractivity contribution in [2.75, 3.05) is 0 Å². The highest BCUT2D eigenvalue weighted by Gasteiger charge is 2.31. The van der Waals surface area contributed by atoms with Crippen molar-refractivity contribution in [3.63, 3.8) is 0 Å². The molecule has 6 aromatic heterocycles. The van der Waals surface area contributed by atoms with Crippen molar-refractivity contribution in [1.82, 2.24) is 0 Å². The van der Waals surface area contributed by atoms with E-state index in [0.717, 1.165) is 53.0 Å². The Labute approximate surface area is 472 Å². The van der Waals surface area contributed by atoms with E-state index in [2.05, 4.69) is 121 Å². The molecule has 0 amide bonds. The Kier molecular flexibility index (Phi) is 23.9. The maximum absolute atomic E-state index is 16.7. The van der Waals surface area contributed by atoms with E-state index in [4.69, 9.17) is 0 Å². The van der Waals surface area contributed by atoms with Crippen molar-refractivity contribution in [1.29, 1.82) is 0 Å². The molecule has 406 valence electrons. The van der Waals surface area contributed by atoms with Gasteiger partial charge in [0, 0.05) is 77.2 Å². The number of hydrogen-bond acceptors (Lipinski definition) is 7. The number of carbonyl (C=O) groups excluding carboxylic acids is 1. The highest BCUT2D eigenvalue weighted by molar-refractivity contribution is 7.32. The molecule has 74 heavy (non-hydrogen) atoms. The van der Waals surface area contributed by atoms with Crippen molar-refractivity contribution in [3.05, 3.63) is 65.6 Å². The lowest BCUT2D eigenvalue weighted by molar-refractivity contribution is 0.0979. The van der Waals surface area contributed by atoms with Crippen molar-refractivity contribution in [2.45, 2.75) is 267 Å². The van der Waals surface area contributed by atoms with Gasteiger partial charge in [-0.15, -0.1) is 68.0 Å². The first-order chi connectivity index (χ1) is 36.0. The minimum atomic E-state index is -0.284. The third-order valence-electron chi connectivity index (χ3n) is 16.1. The smallest absolute Gasteiger partial charge is 0.175 e. The van der Waals surface area contributed by atoms with Crippen LogP contribution in [0.5, 0.6) is 0 Å². The van der Waals surface area contributed by atoms with E-state index in [1.807, 2.05) is 11.3 Å². The van der Waals surface area contributed by atoms with Gasteiger partial charge >= 0.3 is 0 Å².